The molecule has 1 N–H and O–H groups in total. The van der Waals surface area contributed by atoms with Gasteiger partial charge in [-0.15, -0.1) is 0 Å². The van der Waals surface area contributed by atoms with Gasteiger partial charge in [0.1, 0.15) is 0 Å². The molecule has 4 heteroatoms. The summed E-state index contributed by atoms with van der Waals surface area (Å²) in [5, 5.41) is 10.8. The van der Waals surface area contributed by atoms with Gasteiger partial charge in [-0.3, -0.25) is 4.90 Å². The average Bonchev–Trinajstić information content (AvgIpc) is 2.97. The van der Waals surface area contributed by atoms with Crippen molar-refractivity contribution in [2.45, 2.75) is 44.2 Å². The van der Waals surface area contributed by atoms with Crippen molar-refractivity contribution in [2.24, 2.45) is 5.92 Å². The Morgan fingerprint density at radius 1 is 1.24 bits per heavy atom. The number of hydrogen-bond acceptors (Lipinski definition) is 4. The van der Waals surface area contributed by atoms with E-state index in [-0.39, 0.29) is 0 Å². The number of benzene rings is 1. The molecule has 2 fully saturated rings. The first-order valence-electron chi connectivity index (χ1n) is 8.07. The first-order valence-corrected chi connectivity index (χ1v) is 8.07. The van der Waals surface area contributed by atoms with E-state index in [1.54, 1.807) is 0 Å². The number of piperidine rings is 1. The van der Waals surface area contributed by atoms with Crippen molar-refractivity contribution >= 4 is 0 Å². The molecule has 0 amide bonds. The van der Waals surface area contributed by atoms with Crippen LogP contribution < -0.4 is 9.47 Å². The van der Waals surface area contributed by atoms with Crippen LogP contribution in [0, 0.1) is 5.92 Å². The van der Waals surface area contributed by atoms with Crippen LogP contribution in [0.1, 0.15) is 37.7 Å². The molecule has 0 aromatic heterocycles. The van der Waals surface area contributed by atoms with Gasteiger partial charge in [0.2, 0.25) is 6.79 Å². The Bertz CT molecular complexity index is 533. The Hall–Kier alpha value is -1.26. The van der Waals surface area contributed by atoms with Crippen molar-refractivity contribution in [1.29, 1.82) is 0 Å². The highest BCUT2D eigenvalue weighted by atomic mass is 16.7. The number of para-hydroxylation sites is 1. The van der Waals surface area contributed by atoms with Crippen LogP contribution in [0.4, 0.5) is 0 Å². The Morgan fingerprint density at radius 2 is 2.19 bits per heavy atom. The van der Waals surface area contributed by atoms with Crippen LogP contribution in [-0.2, 0) is 6.54 Å². The zero-order valence-electron chi connectivity index (χ0n) is 12.4. The lowest BCUT2D eigenvalue weighted by Gasteiger charge is -2.47. The van der Waals surface area contributed by atoms with Gasteiger partial charge < -0.3 is 14.6 Å². The summed E-state index contributed by atoms with van der Waals surface area (Å²) in [6.07, 6.45) is 5.51. The monoisotopic (exact) mass is 289 g/mol. The molecule has 1 aliphatic carbocycles. The van der Waals surface area contributed by atoms with Crippen molar-refractivity contribution in [3.8, 4) is 11.5 Å². The van der Waals surface area contributed by atoms with E-state index in [0.717, 1.165) is 44.0 Å². The molecule has 1 aromatic carbocycles. The second kappa shape index (κ2) is 5.18. The molecule has 1 saturated heterocycles. The van der Waals surface area contributed by atoms with Gasteiger partial charge in [-0.2, -0.15) is 0 Å². The van der Waals surface area contributed by atoms with Crippen molar-refractivity contribution < 1.29 is 14.6 Å². The van der Waals surface area contributed by atoms with E-state index in [1.165, 1.54) is 24.8 Å². The second-order valence-electron chi connectivity index (χ2n) is 6.68. The molecule has 0 spiro atoms. The van der Waals surface area contributed by atoms with Gasteiger partial charge in [-0.1, -0.05) is 25.0 Å². The van der Waals surface area contributed by atoms with Crippen LogP contribution in [-0.4, -0.2) is 35.5 Å². The van der Waals surface area contributed by atoms with Crippen LogP contribution in [0.3, 0.4) is 0 Å². The highest BCUT2D eigenvalue weighted by molar-refractivity contribution is 5.48. The topological polar surface area (TPSA) is 41.9 Å². The van der Waals surface area contributed by atoms with Crippen LogP contribution in [0.5, 0.6) is 11.5 Å². The number of aliphatic hydroxyl groups is 1. The number of ether oxygens (including phenoxy) is 2. The molecule has 1 saturated carbocycles. The van der Waals surface area contributed by atoms with Crippen LogP contribution in [0.2, 0.25) is 0 Å². The quantitative estimate of drug-likeness (QED) is 0.908. The van der Waals surface area contributed by atoms with E-state index >= 15 is 0 Å². The number of fused-ring (bicyclic) bond motifs is 2. The van der Waals surface area contributed by atoms with Gasteiger partial charge in [0.25, 0.3) is 0 Å². The minimum absolute atomic E-state index is 0.328. The van der Waals surface area contributed by atoms with Crippen molar-refractivity contribution in [1.82, 2.24) is 4.90 Å². The molecular formula is C17H23NO3. The molecule has 2 aliphatic heterocycles. The molecule has 2 heterocycles. The normalized spacial score (nSPS) is 32.0. The minimum Gasteiger partial charge on any atom is -0.454 e. The summed E-state index contributed by atoms with van der Waals surface area (Å²) in [7, 11) is 0. The highest BCUT2D eigenvalue weighted by Crippen LogP contribution is 2.41. The third-order valence-corrected chi connectivity index (χ3v) is 5.38. The third-order valence-electron chi connectivity index (χ3n) is 5.38. The molecule has 0 radical (unpaired) electrons. The molecule has 3 aliphatic rings. The molecule has 4 nitrogen and oxygen atoms in total. The maximum Gasteiger partial charge on any atom is 0.231 e. The summed E-state index contributed by atoms with van der Waals surface area (Å²) < 4.78 is 11.0. The predicted molar refractivity (Wildman–Crippen MR) is 79.4 cm³/mol. The van der Waals surface area contributed by atoms with E-state index in [1.807, 2.05) is 12.1 Å². The Labute approximate surface area is 125 Å². The SMILES string of the molecule is OC12CCCCC1CN(Cc1cccc3c1OCO3)CC2. The molecule has 2 unspecified atom stereocenters. The molecule has 21 heavy (non-hydrogen) atoms. The van der Waals surface area contributed by atoms with Crippen molar-refractivity contribution in [3.63, 3.8) is 0 Å². The van der Waals surface area contributed by atoms with E-state index in [0.29, 0.717) is 12.7 Å². The fourth-order valence-electron chi connectivity index (χ4n) is 4.14. The number of nitrogens with zero attached hydrogens (tertiary/aromatic N) is 1. The maximum absolute atomic E-state index is 10.8. The standard InChI is InChI=1S/C17H23NO3/c19-17-7-2-1-5-14(17)11-18(9-8-17)10-13-4-3-6-15-16(13)21-12-20-15/h3-4,6,14,19H,1-2,5,7-12H2. The van der Waals surface area contributed by atoms with Crippen molar-refractivity contribution in [2.75, 3.05) is 19.9 Å². The first-order chi connectivity index (χ1) is 10.2. The number of hydrogen-bond donors (Lipinski definition) is 1. The van der Waals surface area contributed by atoms with Crippen LogP contribution in [0.25, 0.3) is 0 Å². The average molecular weight is 289 g/mol. The maximum atomic E-state index is 10.8. The lowest BCUT2D eigenvalue weighted by molar-refractivity contribution is -0.0968. The third kappa shape index (κ3) is 2.40. The summed E-state index contributed by atoms with van der Waals surface area (Å²) >= 11 is 0. The Morgan fingerprint density at radius 3 is 3.14 bits per heavy atom. The smallest absolute Gasteiger partial charge is 0.231 e. The van der Waals surface area contributed by atoms with E-state index in [4.69, 9.17) is 9.47 Å². The first kappa shape index (κ1) is 13.4. The molecule has 114 valence electrons. The largest absolute Gasteiger partial charge is 0.454 e. The van der Waals surface area contributed by atoms with Crippen molar-refractivity contribution in [3.05, 3.63) is 23.8 Å². The molecule has 4 rings (SSSR count). The van der Waals surface area contributed by atoms with Gasteiger partial charge in [0.15, 0.2) is 11.5 Å². The molecule has 1 aromatic rings. The zero-order chi connectivity index (χ0) is 14.3. The summed E-state index contributed by atoms with van der Waals surface area (Å²) in [6, 6.07) is 6.11. The molecule has 2 atom stereocenters. The van der Waals surface area contributed by atoms with E-state index < -0.39 is 5.60 Å². The van der Waals surface area contributed by atoms with Crippen LogP contribution in [0.15, 0.2) is 18.2 Å². The fourth-order valence-corrected chi connectivity index (χ4v) is 4.14. The van der Waals surface area contributed by atoms with Gasteiger partial charge in [0, 0.05) is 31.1 Å². The number of likely N-dealkylation sites (tertiary alicyclic amines) is 1. The second-order valence-corrected chi connectivity index (χ2v) is 6.68. The molecular weight excluding hydrogens is 266 g/mol. The summed E-state index contributed by atoms with van der Waals surface area (Å²) in [5.41, 5.74) is 0.804. The minimum atomic E-state index is -0.396. The van der Waals surface area contributed by atoms with Crippen LogP contribution >= 0.6 is 0 Å². The van der Waals surface area contributed by atoms with Gasteiger partial charge in [-0.25, -0.2) is 0 Å². The highest BCUT2D eigenvalue weighted by Gasteiger charge is 2.42. The fraction of sp³-hybridized carbons (Fsp3) is 0.647. The summed E-state index contributed by atoms with van der Waals surface area (Å²) in [6.45, 7) is 3.19. The summed E-state index contributed by atoms with van der Waals surface area (Å²) in [4.78, 5) is 2.46. The lowest BCUT2D eigenvalue weighted by atomic mass is 9.71. The Kier molecular flexibility index (Phi) is 3.31. The van der Waals surface area contributed by atoms with Gasteiger partial charge >= 0.3 is 0 Å². The summed E-state index contributed by atoms with van der Waals surface area (Å²) in [5.74, 6) is 2.20. The number of rotatable bonds is 2. The van der Waals surface area contributed by atoms with Gasteiger partial charge in [-0.05, 0) is 25.3 Å². The Balaban J connectivity index is 1.48. The molecule has 0 bridgehead atoms. The zero-order valence-corrected chi connectivity index (χ0v) is 12.4. The van der Waals surface area contributed by atoms with Gasteiger partial charge in [0.05, 0.1) is 5.60 Å². The predicted octanol–water partition coefficient (Wildman–Crippen LogP) is 2.54. The van der Waals surface area contributed by atoms with E-state index in [9.17, 15) is 5.11 Å². The van der Waals surface area contributed by atoms with E-state index in [2.05, 4.69) is 11.0 Å². The lowest BCUT2D eigenvalue weighted by Crippen LogP contribution is -2.52.